The van der Waals surface area contributed by atoms with E-state index < -0.39 is 35.7 Å². The van der Waals surface area contributed by atoms with Gasteiger partial charge in [-0.05, 0) is 25.7 Å². The Morgan fingerprint density at radius 2 is 0.822 bits per heavy atom. The third kappa shape index (κ3) is 24.9. The summed E-state index contributed by atoms with van der Waals surface area (Å²) in [7, 11) is 0. The molecule has 0 heterocycles. The maximum Gasteiger partial charge on any atom is 0.306 e. The molecule has 0 aromatic rings. The number of allylic oxidation sites excluding steroid dienone is 1. The summed E-state index contributed by atoms with van der Waals surface area (Å²) in [4.78, 5) is 34.4. The van der Waals surface area contributed by atoms with Gasteiger partial charge in [0.1, 0.15) is 0 Å². The lowest BCUT2D eigenvalue weighted by Gasteiger charge is -2.41. The Balaban J connectivity index is 4.29. The molecule has 2 N–H and O–H groups in total. The number of carboxylic acids is 3. The molecule has 0 fully saturated rings. The van der Waals surface area contributed by atoms with E-state index in [4.69, 9.17) is 0 Å². The number of nitrogens with zero attached hydrogens (tertiary/aromatic N) is 1. The van der Waals surface area contributed by atoms with Crippen molar-refractivity contribution in [3.05, 3.63) is 12.7 Å². The van der Waals surface area contributed by atoms with Gasteiger partial charge in [0.2, 0.25) is 0 Å². The second kappa shape index (κ2) is 28.3. The first-order valence-electron chi connectivity index (χ1n) is 18.7. The Hall–Kier alpha value is -1.89. The molecule has 0 aliphatic carbocycles. The molecule has 0 bridgehead atoms. The Morgan fingerprint density at radius 1 is 0.533 bits per heavy atom. The first kappa shape index (κ1) is 43.1. The Labute approximate surface area is 276 Å². The molecule has 0 spiro atoms. The van der Waals surface area contributed by atoms with E-state index in [1.807, 2.05) is 6.08 Å². The molecule has 7 nitrogen and oxygen atoms in total. The lowest BCUT2D eigenvalue weighted by Crippen LogP contribution is -2.52. The minimum Gasteiger partial charge on any atom is -0.550 e. The quantitative estimate of drug-likeness (QED) is 0.0414. The van der Waals surface area contributed by atoms with E-state index >= 15 is 0 Å². The fraction of sp³-hybridized carbons (Fsp3) is 0.868. The van der Waals surface area contributed by atoms with E-state index in [-0.39, 0.29) is 0 Å². The third-order valence-electron chi connectivity index (χ3n) is 9.90. The van der Waals surface area contributed by atoms with Crippen LogP contribution in [0, 0.1) is 17.8 Å². The number of carboxylic acid groups (broad SMARTS) is 3. The summed E-state index contributed by atoms with van der Waals surface area (Å²) in [5.74, 6) is -4.30. The van der Waals surface area contributed by atoms with Crippen molar-refractivity contribution >= 4 is 17.9 Å². The number of quaternary nitrogens is 1. The second-order valence-electron chi connectivity index (χ2n) is 14.1. The van der Waals surface area contributed by atoms with Crippen molar-refractivity contribution in [1.29, 1.82) is 0 Å². The van der Waals surface area contributed by atoms with Gasteiger partial charge in [0.15, 0.2) is 0 Å². The topological polar surface area (TPSA) is 115 Å². The molecule has 0 saturated carbocycles. The number of rotatable bonds is 34. The molecular weight excluding hydrogens is 566 g/mol. The first-order chi connectivity index (χ1) is 21.5. The zero-order chi connectivity index (χ0) is 33.8. The molecule has 0 aromatic carbocycles. The van der Waals surface area contributed by atoms with Crippen LogP contribution < -0.4 is 5.11 Å². The van der Waals surface area contributed by atoms with Crippen LogP contribution in [-0.2, 0) is 14.4 Å². The summed E-state index contributed by atoms with van der Waals surface area (Å²) in [6.07, 6.45) is 29.5. The van der Waals surface area contributed by atoms with Gasteiger partial charge in [0.25, 0.3) is 0 Å². The number of unbranched alkanes of at least 4 members (excludes halogenated alkanes) is 19. The SMILES string of the molecule is C=CCCCCCCCCCCCCCCCCCCCCC[N+](CCC(C)C(=O)[O-])(CCC(C)C(=O)O)CCC(C)C(=O)O. The van der Waals surface area contributed by atoms with Gasteiger partial charge in [-0.2, -0.15) is 0 Å². The van der Waals surface area contributed by atoms with E-state index in [1.54, 1.807) is 20.8 Å². The van der Waals surface area contributed by atoms with Crippen molar-refractivity contribution in [2.24, 2.45) is 17.8 Å². The van der Waals surface area contributed by atoms with Crippen molar-refractivity contribution in [2.75, 3.05) is 26.2 Å². The molecule has 0 radical (unpaired) electrons. The Kier molecular flexibility index (Phi) is 27.2. The van der Waals surface area contributed by atoms with Crippen molar-refractivity contribution in [3.63, 3.8) is 0 Å². The van der Waals surface area contributed by atoms with Crippen LogP contribution in [0.5, 0.6) is 0 Å². The average Bonchev–Trinajstić information content (AvgIpc) is 3.01. The number of hydrogen-bond donors (Lipinski definition) is 2. The van der Waals surface area contributed by atoms with Crippen LogP contribution in [-0.4, -0.2) is 58.8 Å². The molecule has 0 rings (SSSR count). The Bertz CT molecular complexity index is 710. The standard InChI is InChI=1S/C38H71NO6/c1-5-6-7-8-9-10-11-12-13-14-15-16-17-18-19-20-21-22-23-24-25-29-39(30-26-33(2)36(40)41,31-27-34(3)37(42)43)32-28-35(4)38(44)45/h5,33-35H,1,6-32H2,2-4H3,(H2-,40,41,42,43,44,45). The third-order valence-corrected chi connectivity index (χ3v) is 9.90. The van der Waals surface area contributed by atoms with Gasteiger partial charge in [0.05, 0.1) is 38.0 Å². The monoisotopic (exact) mass is 638 g/mol. The lowest BCUT2D eigenvalue weighted by molar-refractivity contribution is -0.929. The fourth-order valence-corrected chi connectivity index (χ4v) is 6.18. The average molecular weight is 638 g/mol. The second-order valence-corrected chi connectivity index (χ2v) is 14.1. The highest BCUT2D eigenvalue weighted by atomic mass is 16.4. The molecule has 0 aliphatic heterocycles. The number of aliphatic carboxylic acids is 3. The molecule has 7 heteroatoms. The number of carbonyl (C=O) groups excluding carboxylic acids is 1. The summed E-state index contributed by atoms with van der Waals surface area (Å²) in [6.45, 7) is 11.5. The molecule has 0 aromatic heterocycles. The van der Waals surface area contributed by atoms with Gasteiger partial charge < -0.3 is 24.6 Å². The van der Waals surface area contributed by atoms with Crippen LogP contribution in [0.3, 0.4) is 0 Å². The summed E-state index contributed by atoms with van der Waals surface area (Å²) < 4.78 is 0.587. The maximum atomic E-state index is 11.5. The minimum absolute atomic E-state index is 0.447. The van der Waals surface area contributed by atoms with Gasteiger partial charge in [-0.15, -0.1) is 6.58 Å². The van der Waals surface area contributed by atoms with Gasteiger partial charge in [-0.1, -0.05) is 130 Å². The van der Waals surface area contributed by atoms with E-state index in [2.05, 4.69) is 6.58 Å². The highest BCUT2D eigenvalue weighted by Gasteiger charge is 2.30. The summed E-state index contributed by atoms with van der Waals surface area (Å²) in [5.41, 5.74) is 0. The molecule has 0 aliphatic rings. The van der Waals surface area contributed by atoms with Crippen LogP contribution in [0.4, 0.5) is 0 Å². The maximum absolute atomic E-state index is 11.5. The van der Waals surface area contributed by atoms with E-state index in [9.17, 15) is 29.7 Å². The van der Waals surface area contributed by atoms with Crippen molar-refractivity contribution in [3.8, 4) is 0 Å². The zero-order valence-corrected chi connectivity index (χ0v) is 29.6. The van der Waals surface area contributed by atoms with Crippen molar-refractivity contribution in [2.45, 2.75) is 168 Å². The van der Waals surface area contributed by atoms with Crippen LogP contribution in [0.25, 0.3) is 0 Å². The first-order valence-corrected chi connectivity index (χ1v) is 18.7. The van der Waals surface area contributed by atoms with Crippen molar-refractivity contribution in [1.82, 2.24) is 0 Å². The van der Waals surface area contributed by atoms with E-state index in [0.717, 1.165) is 25.8 Å². The van der Waals surface area contributed by atoms with E-state index in [0.29, 0.717) is 43.4 Å². The lowest BCUT2D eigenvalue weighted by atomic mass is 10.0. The number of hydrogen-bond acceptors (Lipinski definition) is 4. The minimum atomic E-state index is -1.07. The Morgan fingerprint density at radius 3 is 1.11 bits per heavy atom. The van der Waals surface area contributed by atoms with E-state index in [1.165, 1.54) is 109 Å². The molecular formula is C38H71NO6. The van der Waals surface area contributed by atoms with Gasteiger partial charge in [-0.25, -0.2) is 0 Å². The summed E-state index contributed by atoms with van der Waals surface area (Å²) >= 11 is 0. The summed E-state index contributed by atoms with van der Waals surface area (Å²) in [5, 5.41) is 30.3. The van der Waals surface area contributed by atoms with Gasteiger partial charge >= 0.3 is 11.9 Å². The molecule has 3 atom stereocenters. The van der Waals surface area contributed by atoms with Crippen LogP contribution >= 0.6 is 0 Å². The molecule has 264 valence electrons. The smallest absolute Gasteiger partial charge is 0.306 e. The van der Waals surface area contributed by atoms with Crippen LogP contribution in [0.2, 0.25) is 0 Å². The molecule has 45 heavy (non-hydrogen) atoms. The summed E-state index contributed by atoms with van der Waals surface area (Å²) in [6, 6.07) is 0. The molecule has 3 unspecified atom stereocenters. The zero-order valence-electron chi connectivity index (χ0n) is 29.6. The highest BCUT2D eigenvalue weighted by molar-refractivity contribution is 5.69. The van der Waals surface area contributed by atoms with Crippen LogP contribution in [0.15, 0.2) is 12.7 Å². The predicted molar refractivity (Wildman–Crippen MR) is 184 cm³/mol. The van der Waals surface area contributed by atoms with Gasteiger partial charge in [-0.3, -0.25) is 9.59 Å². The van der Waals surface area contributed by atoms with Crippen LogP contribution in [0.1, 0.15) is 168 Å². The van der Waals surface area contributed by atoms with Crippen molar-refractivity contribution < 1.29 is 34.2 Å². The molecule has 0 saturated heterocycles. The number of carbonyl (C=O) groups is 3. The van der Waals surface area contributed by atoms with Gasteiger partial charge in [0, 0.05) is 31.1 Å². The largest absolute Gasteiger partial charge is 0.550 e. The molecule has 0 amide bonds. The normalized spacial score (nSPS) is 14.8. The predicted octanol–water partition coefficient (Wildman–Crippen LogP) is 8.79. The fourth-order valence-electron chi connectivity index (χ4n) is 6.18. The highest BCUT2D eigenvalue weighted by Crippen LogP contribution is 2.22.